The second kappa shape index (κ2) is 9.37. The van der Waals surface area contributed by atoms with E-state index in [0.717, 1.165) is 16.4 Å². The van der Waals surface area contributed by atoms with Crippen LogP contribution in [0, 0.1) is 13.8 Å². The van der Waals surface area contributed by atoms with Crippen molar-refractivity contribution < 1.29 is 9.59 Å². The maximum atomic E-state index is 12.7. The van der Waals surface area contributed by atoms with E-state index in [2.05, 4.69) is 27.4 Å². The van der Waals surface area contributed by atoms with E-state index >= 15 is 0 Å². The maximum absolute atomic E-state index is 12.7. The predicted molar refractivity (Wildman–Crippen MR) is 118 cm³/mol. The quantitative estimate of drug-likeness (QED) is 0.758. The van der Waals surface area contributed by atoms with Crippen molar-refractivity contribution in [2.24, 2.45) is 0 Å². The Morgan fingerprint density at radius 3 is 2.52 bits per heavy atom. The van der Waals surface area contributed by atoms with Crippen LogP contribution in [0.15, 0.2) is 23.6 Å². The molecule has 1 aliphatic heterocycles. The summed E-state index contributed by atoms with van der Waals surface area (Å²) in [5.74, 6) is -0.0748. The highest BCUT2D eigenvalue weighted by Gasteiger charge is 2.25. The summed E-state index contributed by atoms with van der Waals surface area (Å²) in [6, 6.07) is 6.20. The zero-order valence-corrected chi connectivity index (χ0v) is 18.3. The number of amides is 2. The Labute approximate surface area is 176 Å². The van der Waals surface area contributed by atoms with E-state index in [1.807, 2.05) is 43.9 Å². The zero-order valence-electron chi connectivity index (χ0n) is 17.5. The van der Waals surface area contributed by atoms with Gasteiger partial charge in [-0.1, -0.05) is 6.07 Å². The molecule has 1 aromatic heterocycles. The molecule has 0 unspecified atom stereocenters. The number of rotatable bonds is 6. The molecule has 2 amide bonds. The first-order chi connectivity index (χ1) is 13.8. The van der Waals surface area contributed by atoms with Gasteiger partial charge in [-0.3, -0.25) is 14.5 Å². The first kappa shape index (κ1) is 21.3. The molecular formula is C21H29N5O2S. The molecule has 0 saturated carbocycles. The largest absolute Gasteiger partial charge is 0.359 e. The minimum absolute atomic E-state index is 0.0306. The van der Waals surface area contributed by atoms with Gasteiger partial charge in [0, 0.05) is 43.3 Å². The van der Waals surface area contributed by atoms with E-state index in [0.29, 0.717) is 38.4 Å². The van der Waals surface area contributed by atoms with Crippen LogP contribution in [0.25, 0.3) is 0 Å². The average molecular weight is 416 g/mol. The third kappa shape index (κ3) is 5.77. The van der Waals surface area contributed by atoms with Gasteiger partial charge in [0.2, 0.25) is 5.91 Å². The summed E-state index contributed by atoms with van der Waals surface area (Å²) in [5, 5.41) is 8.75. The molecule has 3 rings (SSSR count). The number of aryl methyl sites for hydroxylation is 2. The van der Waals surface area contributed by atoms with E-state index in [1.165, 1.54) is 16.9 Å². The van der Waals surface area contributed by atoms with Crippen LogP contribution in [0.2, 0.25) is 0 Å². The standard InChI is InChI=1S/C21H29N5O2S/c1-14(2)22-21-24-18(13-29-21)20(28)26-9-7-25(8-10-26)12-19(27)23-17-6-5-15(3)16(4)11-17/h5-6,11,13-14H,7-10,12H2,1-4H3,(H,22,24)(H,23,27). The van der Waals surface area contributed by atoms with Crippen molar-refractivity contribution in [3.8, 4) is 0 Å². The number of carbonyl (C=O) groups excluding carboxylic acids is 2. The van der Waals surface area contributed by atoms with Crippen LogP contribution in [-0.4, -0.2) is 65.4 Å². The minimum atomic E-state index is -0.0442. The van der Waals surface area contributed by atoms with Crippen molar-refractivity contribution in [2.75, 3.05) is 43.4 Å². The second-order valence-electron chi connectivity index (χ2n) is 7.75. The van der Waals surface area contributed by atoms with Gasteiger partial charge >= 0.3 is 0 Å². The highest BCUT2D eigenvalue weighted by molar-refractivity contribution is 7.13. The third-order valence-electron chi connectivity index (χ3n) is 4.95. The van der Waals surface area contributed by atoms with Gasteiger partial charge in [-0.2, -0.15) is 0 Å². The Hall–Kier alpha value is -2.45. The van der Waals surface area contributed by atoms with E-state index in [9.17, 15) is 9.59 Å². The van der Waals surface area contributed by atoms with Crippen molar-refractivity contribution in [3.05, 3.63) is 40.4 Å². The molecule has 0 bridgehead atoms. The predicted octanol–water partition coefficient (Wildman–Crippen LogP) is 2.98. The molecule has 2 heterocycles. The summed E-state index contributed by atoms with van der Waals surface area (Å²) in [7, 11) is 0. The molecule has 29 heavy (non-hydrogen) atoms. The minimum Gasteiger partial charge on any atom is -0.359 e. The van der Waals surface area contributed by atoms with Crippen LogP contribution < -0.4 is 10.6 Å². The van der Waals surface area contributed by atoms with E-state index < -0.39 is 0 Å². The lowest BCUT2D eigenvalue weighted by Gasteiger charge is -2.33. The highest BCUT2D eigenvalue weighted by Crippen LogP contribution is 2.18. The molecule has 156 valence electrons. The molecule has 8 heteroatoms. The van der Waals surface area contributed by atoms with Crippen LogP contribution in [0.3, 0.4) is 0 Å². The Morgan fingerprint density at radius 2 is 1.86 bits per heavy atom. The summed E-state index contributed by atoms with van der Waals surface area (Å²) >= 11 is 1.45. The SMILES string of the molecule is Cc1ccc(NC(=O)CN2CCN(C(=O)c3csc(NC(C)C)n3)CC2)cc1C. The summed E-state index contributed by atoms with van der Waals surface area (Å²) in [4.78, 5) is 33.3. The number of thiazole rings is 1. The van der Waals surface area contributed by atoms with Gasteiger partial charge in [0.05, 0.1) is 6.54 Å². The molecule has 0 aliphatic carbocycles. The summed E-state index contributed by atoms with van der Waals surface area (Å²) in [6.07, 6.45) is 0. The fourth-order valence-electron chi connectivity index (χ4n) is 3.18. The lowest BCUT2D eigenvalue weighted by molar-refractivity contribution is -0.117. The van der Waals surface area contributed by atoms with Gasteiger partial charge in [-0.15, -0.1) is 11.3 Å². The molecule has 1 aromatic carbocycles. The molecule has 0 atom stereocenters. The summed E-state index contributed by atoms with van der Waals surface area (Å²) in [5.41, 5.74) is 3.67. The summed E-state index contributed by atoms with van der Waals surface area (Å²) in [6.45, 7) is 11.0. The van der Waals surface area contributed by atoms with E-state index in [1.54, 1.807) is 5.38 Å². The smallest absolute Gasteiger partial charge is 0.273 e. The zero-order chi connectivity index (χ0) is 21.0. The number of piperazine rings is 1. The number of carbonyl (C=O) groups is 2. The summed E-state index contributed by atoms with van der Waals surface area (Å²) < 4.78 is 0. The van der Waals surface area contributed by atoms with Gasteiger partial charge < -0.3 is 15.5 Å². The molecule has 7 nitrogen and oxygen atoms in total. The van der Waals surface area contributed by atoms with Crippen molar-refractivity contribution in [2.45, 2.75) is 33.7 Å². The highest BCUT2D eigenvalue weighted by atomic mass is 32.1. The fraction of sp³-hybridized carbons (Fsp3) is 0.476. The molecule has 2 aromatic rings. The number of nitrogens with one attached hydrogen (secondary N) is 2. The normalized spacial score (nSPS) is 14.9. The van der Waals surface area contributed by atoms with Crippen LogP contribution >= 0.6 is 11.3 Å². The number of hydrogen-bond donors (Lipinski definition) is 2. The molecule has 0 radical (unpaired) electrons. The average Bonchev–Trinajstić information content (AvgIpc) is 3.12. The molecule has 2 N–H and O–H groups in total. The van der Waals surface area contributed by atoms with Gasteiger partial charge in [0.25, 0.3) is 5.91 Å². The Balaban J connectivity index is 1.47. The van der Waals surface area contributed by atoms with Gasteiger partial charge in [0.15, 0.2) is 5.13 Å². The maximum Gasteiger partial charge on any atom is 0.273 e. The lowest BCUT2D eigenvalue weighted by atomic mass is 10.1. The van der Waals surface area contributed by atoms with Crippen molar-refractivity contribution in [1.29, 1.82) is 0 Å². The third-order valence-corrected chi connectivity index (χ3v) is 5.73. The second-order valence-corrected chi connectivity index (χ2v) is 8.61. The molecular weight excluding hydrogens is 386 g/mol. The van der Waals surface area contributed by atoms with Crippen LogP contribution in [-0.2, 0) is 4.79 Å². The van der Waals surface area contributed by atoms with Gasteiger partial charge in [-0.05, 0) is 51.0 Å². The van der Waals surface area contributed by atoms with Gasteiger partial charge in [-0.25, -0.2) is 4.98 Å². The van der Waals surface area contributed by atoms with Gasteiger partial charge in [0.1, 0.15) is 5.69 Å². The van der Waals surface area contributed by atoms with E-state index in [4.69, 9.17) is 0 Å². The molecule has 0 spiro atoms. The van der Waals surface area contributed by atoms with Crippen LogP contribution in [0.5, 0.6) is 0 Å². The number of anilines is 2. The van der Waals surface area contributed by atoms with Crippen molar-refractivity contribution >= 4 is 34.0 Å². The Morgan fingerprint density at radius 1 is 1.14 bits per heavy atom. The first-order valence-electron chi connectivity index (χ1n) is 9.92. The molecule has 1 fully saturated rings. The fourth-order valence-corrected chi connectivity index (χ4v) is 4.01. The van der Waals surface area contributed by atoms with Crippen molar-refractivity contribution in [1.82, 2.24) is 14.8 Å². The number of benzene rings is 1. The van der Waals surface area contributed by atoms with Crippen LogP contribution in [0.4, 0.5) is 10.8 Å². The van der Waals surface area contributed by atoms with Crippen LogP contribution in [0.1, 0.15) is 35.5 Å². The number of nitrogens with zero attached hydrogens (tertiary/aromatic N) is 3. The first-order valence-corrected chi connectivity index (χ1v) is 10.8. The number of aromatic nitrogens is 1. The monoisotopic (exact) mass is 415 g/mol. The Bertz CT molecular complexity index is 872. The lowest BCUT2D eigenvalue weighted by Crippen LogP contribution is -2.50. The molecule has 1 aliphatic rings. The topological polar surface area (TPSA) is 77.6 Å². The number of hydrogen-bond acceptors (Lipinski definition) is 6. The van der Waals surface area contributed by atoms with Crippen molar-refractivity contribution in [3.63, 3.8) is 0 Å². The Kier molecular flexibility index (Phi) is 6.87. The van der Waals surface area contributed by atoms with E-state index in [-0.39, 0.29) is 17.9 Å². The molecule has 1 saturated heterocycles.